The lowest BCUT2D eigenvalue weighted by molar-refractivity contribution is 0.415. The summed E-state index contributed by atoms with van der Waals surface area (Å²) in [5, 5.41) is 0. The van der Waals surface area contributed by atoms with Crippen molar-refractivity contribution in [3.8, 4) is 5.75 Å². The van der Waals surface area contributed by atoms with Crippen LogP contribution >= 0.6 is 0 Å². The van der Waals surface area contributed by atoms with Crippen LogP contribution < -0.4 is 4.74 Å². The molecular formula is C14H16O. The molecule has 78 valence electrons. The van der Waals surface area contributed by atoms with Crippen LogP contribution in [0, 0.1) is 5.92 Å². The molecule has 2 rings (SSSR count). The maximum absolute atomic E-state index is 5.14. The van der Waals surface area contributed by atoms with Crippen LogP contribution in [-0.4, -0.2) is 7.11 Å². The van der Waals surface area contributed by atoms with Crippen LogP contribution in [-0.2, 0) is 0 Å². The van der Waals surface area contributed by atoms with Gasteiger partial charge in [0.15, 0.2) is 0 Å². The zero-order valence-electron chi connectivity index (χ0n) is 9.23. The van der Waals surface area contributed by atoms with Crippen molar-refractivity contribution in [3.63, 3.8) is 0 Å². The molecule has 1 aliphatic rings. The average molecular weight is 200 g/mol. The quantitative estimate of drug-likeness (QED) is 0.707. The van der Waals surface area contributed by atoms with Gasteiger partial charge in [0.2, 0.25) is 0 Å². The highest BCUT2D eigenvalue weighted by Gasteiger charge is 2.05. The highest BCUT2D eigenvalue weighted by molar-refractivity contribution is 5.75. The first kappa shape index (κ1) is 10.0. The molecule has 0 spiro atoms. The van der Waals surface area contributed by atoms with E-state index in [0.717, 1.165) is 12.2 Å². The molecule has 1 heteroatoms. The zero-order valence-corrected chi connectivity index (χ0v) is 9.23. The molecule has 1 aromatic carbocycles. The predicted octanol–water partition coefficient (Wildman–Crippen LogP) is 3.67. The summed E-state index contributed by atoms with van der Waals surface area (Å²) >= 11 is 0. The van der Waals surface area contributed by atoms with Crippen molar-refractivity contribution in [2.24, 2.45) is 5.92 Å². The monoisotopic (exact) mass is 200 g/mol. The van der Waals surface area contributed by atoms with Crippen LogP contribution in [0.25, 0.3) is 5.57 Å². The summed E-state index contributed by atoms with van der Waals surface area (Å²) in [7, 11) is 1.69. The Labute approximate surface area is 91.1 Å². The van der Waals surface area contributed by atoms with Gasteiger partial charge in [-0.25, -0.2) is 0 Å². The van der Waals surface area contributed by atoms with E-state index < -0.39 is 0 Å². The molecule has 0 saturated heterocycles. The van der Waals surface area contributed by atoms with Crippen molar-refractivity contribution in [3.05, 3.63) is 48.1 Å². The van der Waals surface area contributed by atoms with Crippen LogP contribution in [0.5, 0.6) is 5.75 Å². The number of rotatable bonds is 2. The minimum atomic E-state index is 0.673. The highest BCUT2D eigenvalue weighted by Crippen LogP contribution is 2.25. The Bertz CT molecular complexity index is 384. The number of methoxy groups -OCH3 is 1. The van der Waals surface area contributed by atoms with Gasteiger partial charge in [-0.05, 0) is 35.6 Å². The summed E-state index contributed by atoms with van der Waals surface area (Å²) in [5.41, 5.74) is 2.58. The van der Waals surface area contributed by atoms with E-state index in [4.69, 9.17) is 4.74 Å². The summed E-state index contributed by atoms with van der Waals surface area (Å²) in [4.78, 5) is 0. The molecule has 0 bridgehead atoms. The van der Waals surface area contributed by atoms with Gasteiger partial charge < -0.3 is 4.74 Å². The van der Waals surface area contributed by atoms with Crippen molar-refractivity contribution in [2.75, 3.05) is 7.11 Å². The fourth-order valence-electron chi connectivity index (χ4n) is 1.72. The summed E-state index contributed by atoms with van der Waals surface area (Å²) in [6.07, 6.45) is 7.90. The third-order valence-electron chi connectivity index (χ3n) is 2.74. The molecule has 0 amide bonds. The maximum Gasteiger partial charge on any atom is 0.118 e. The molecule has 0 N–H and O–H groups in total. The lowest BCUT2D eigenvalue weighted by Gasteiger charge is -2.12. The van der Waals surface area contributed by atoms with Crippen molar-refractivity contribution in [1.82, 2.24) is 0 Å². The SMILES string of the molecule is COc1ccc(C2=CC[C@@H](C)C=C2)cc1. The molecule has 1 nitrogen and oxygen atoms in total. The van der Waals surface area contributed by atoms with E-state index in [1.165, 1.54) is 11.1 Å². The molecular weight excluding hydrogens is 184 g/mol. The molecule has 0 heterocycles. The fourth-order valence-corrected chi connectivity index (χ4v) is 1.72. The molecule has 15 heavy (non-hydrogen) atoms. The molecule has 1 aliphatic carbocycles. The minimum Gasteiger partial charge on any atom is -0.497 e. The Balaban J connectivity index is 2.20. The van der Waals surface area contributed by atoms with E-state index in [-0.39, 0.29) is 0 Å². The fraction of sp³-hybridized carbons (Fsp3) is 0.286. The molecule has 0 fully saturated rings. The summed E-state index contributed by atoms with van der Waals surface area (Å²) in [5.74, 6) is 1.58. The highest BCUT2D eigenvalue weighted by atomic mass is 16.5. The van der Waals surface area contributed by atoms with Gasteiger partial charge in [0.05, 0.1) is 7.11 Å². The Hall–Kier alpha value is -1.50. The van der Waals surface area contributed by atoms with Crippen molar-refractivity contribution >= 4 is 5.57 Å². The topological polar surface area (TPSA) is 9.23 Å². The Morgan fingerprint density at radius 3 is 2.47 bits per heavy atom. The lowest BCUT2D eigenvalue weighted by Crippen LogP contribution is -1.94. The van der Waals surface area contributed by atoms with E-state index in [1.807, 2.05) is 12.1 Å². The van der Waals surface area contributed by atoms with Gasteiger partial charge >= 0.3 is 0 Å². The van der Waals surface area contributed by atoms with Crippen molar-refractivity contribution in [2.45, 2.75) is 13.3 Å². The standard InChI is InChI=1S/C14H16O/c1-11-3-5-12(6-4-11)13-7-9-14(15-2)10-8-13/h3,5-11H,4H2,1-2H3/t11-/m0/s1. The van der Waals surface area contributed by atoms with Gasteiger partial charge in [-0.1, -0.05) is 37.3 Å². The molecule has 0 aliphatic heterocycles. The molecule has 0 saturated carbocycles. The molecule has 1 atom stereocenters. The molecule has 0 radical (unpaired) electrons. The van der Waals surface area contributed by atoms with E-state index in [2.05, 4.69) is 37.3 Å². The first-order chi connectivity index (χ1) is 7.29. The van der Waals surface area contributed by atoms with Crippen molar-refractivity contribution < 1.29 is 4.74 Å². The van der Waals surface area contributed by atoms with Gasteiger partial charge in [0, 0.05) is 0 Å². The maximum atomic E-state index is 5.14. The first-order valence-electron chi connectivity index (χ1n) is 5.32. The smallest absolute Gasteiger partial charge is 0.118 e. The van der Waals surface area contributed by atoms with Crippen LogP contribution in [0.1, 0.15) is 18.9 Å². The lowest BCUT2D eigenvalue weighted by atomic mass is 9.94. The third-order valence-corrected chi connectivity index (χ3v) is 2.74. The van der Waals surface area contributed by atoms with Gasteiger partial charge in [-0.15, -0.1) is 0 Å². The number of hydrogen-bond acceptors (Lipinski definition) is 1. The van der Waals surface area contributed by atoms with E-state index in [1.54, 1.807) is 7.11 Å². The summed E-state index contributed by atoms with van der Waals surface area (Å²) in [6.45, 7) is 2.23. The summed E-state index contributed by atoms with van der Waals surface area (Å²) < 4.78 is 5.14. The zero-order chi connectivity index (χ0) is 10.7. The van der Waals surface area contributed by atoms with Gasteiger partial charge in [-0.2, -0.15) is 0 Å². The molecule has 0 aromatic heterocycles. The van der Waals surface area contributed by atoms with E-state index in [9.17, 15) is 0 Å². The predicted molar refractivity (Wildman–Crippen MR) is 63.9 cm³/mol. The minimum absolute atomic E-state index is 0.673. The Kier molecular flexibility index (Phi) is 2.91. The number of ether oxygens (including phenoxy) is 1. The second-order valence-electron chi connectivity index (χ2n) is 3.96. The van der Waals surface area contributed by atoms with Gasteiger partial charge in [-0.3, -0.25) is 0 Å². The Morgan fingerprint density at radius 1 is 1.20 bits per heavy atom. The van der Waals surface area contributed by atoms with Crippen molar-refractivity contribution in [1.29, 1.82) is 0 Å². The number of hydrogen-bond donors (Lipinski definition) is 0. The van der Waals surface area contributed by atoms with Crippen LogP contribution in [0.15, 0.2) is 42.5 Å². The second-order valence-corrected chi connectivity index (χ2v) is 3.96. The van der Waals surface area contributed by atoms with Crippen LogP contribution in [0.2, 0.25) is 0 Å². The second kappa shape index (κ2) is 4.35. The van der Waals surface area contributed by atoms with E-state index in [0.29, 0.717) is 5.92 Å². The average Bonchev–Trinajstić information content (AvgIpc) is 2.30. The first-order valence-corrected chi connectivity index (χ1v) is 5.32. The van der Waals surface area contributed by atoms with E-state index >= 15 is 0 Å². The summed E-state index contributed by atoms with van der Waals surface area (Å²) in [6, 6.07) is 8.21. The van der Waals surface area contributed by atoms with Gasteiger partial charge in [0.25, 0.3) is 0 Å². The van der Waals surface area contributed by atoms with Crippen LogP contribution in [0.4, 0.5) is 0 Å². The molecule has 1 aromatic rings. The molecule has 0 unspecified atom stereocenters. The normalized spacial score (nSPS) is 19.9. The largest absolute Gasteiger partial charge is 0.497 e. The van der Waals surface area contributed by atoms with Gasteiger partial charge in [0.1, 0.15) is 5.75 Å². The number of benzene rings is 1. The van der Waals surface area contributed by atoms with Crippen LogP contribution in [0.3, 0.4) is 0 Å². The number of allylic oxidation sites excluding steroid dienone is 4. The third kappa shape index (κ3) is 2.30. The Morgan fingerprint density at radius 2 is 1.93 bits per heavy atom.